The van der Waals surface area contributed by atoms with Gasteiger partial charge in [-0.25, -0.2) is 0 Å². The van der Waals surface area contributed by atoms with Crippen LogP contribution in [-0.2, 0) is 19.9 Å². The maximum absolute atomic E-state index is 13.3. The van der Waals surface area contributed by atoms with Gasteiger partial charge in [0.25, 0.3) is 0 Å². The van der Waals surface area contributed by atoms with Crippen LogP contribution in [-0.4, -0.2) is 45.4 Å². The summed E-state index contributed by atoms with van der Waals surface area (Å²) in [6.45, 7) is 6.96. The molecule has 0 aliphatic carbocycles. The number of para-hydroxylation sites is 1. The number of hydrogen-bond acceptors (Lipinski definition) is 5. The highest BCUT2D eigenvalue weighted by Crippen LogP contribution is 2.54. The van der Waals surface area contributed by atoms with Crippen molar-refractivity contribution in [3.05, 3.63) is 29.8 Å². The van der Waals surface area contributed by atoms with Crippen LogP contribution in [0.3, 0.4) is 0 Å². The fraction of sp³-hybridized carbons (Fsp3) is 0.526. The Kier molecular flexibility index (Phi) is 3.40. The van der Waals surface area contributed by atoms with Crippen molar-refractivity contribution < 1.29 is 19.5 Å². The maximum atomic E-state index is 13.3. The van der Waals surface area contributed by atoms with Crippen LogP contribution in [0.5, 0.6) is 0 Å². The average molecular weight is 357 g/mol. The van der Waals surface area contributed by atoms with E-state index in [-0.39, 0.29) is 17.7 Å². The lowest BCUT2D eigenvalue weighted by atomic mass is 9.76. The Hall–Kier alpha value is -2.25. The number of benzene rings is 1. The minimum atomic E-state index is -1.34. The first-order chi connectivity index (χ1) is 12.1. The summed E-state index contributed by atoms with van der Waals surface area (Å²) in [4.78, 5) is 40.8. The van der Waals surface area contributed by atoms with Crippen LogP contribution >= 0.6 is 0 Å². The second-order valence-electron chi connectivity index (χ2n) is 8.40. The molecule has 3 amide bonds. The van der Waals surface area contributed by atoms with Gasteiger partial charge in [0, 0.05) is 22.8 Å². The highest BCUT2D eigenvalue weighted by Gasteiger charge is 2.71. The molecule has 5 atom stereocenters. The summed E-state index contributed by atoms with van der Waals surface area (Å²) >= 11 is 0. The molecule has 7 nitrogen and oxygen atoms in total. The summed E-state index contributed by atoms with van der Waals surface area (Å²) in [5.41, 5.74) is -0.753. The van der Waals surface area contributed by atoms with E-state index in [1.807, 2.05) is 0 Å². The van der Waals surface area contributed by atoms with Gasteiger partial charge in [0.05, 0.1) is 17.9 Å². The zero-order valence-corrected chi connectivity index (χ0v) is 15.2. The Morgan fingerprint density at radius 2 is 1.81 bits per heavy atom. The van der Waals surface area contributed by atoms with Gasteiger partial charge >= 0.3 is 0 Å². The van der Waals surface area contributed by atoms with Gasteiger partial charge in [-0.05, 0) is 33.8 Å². The molecule has 1 spiro atoms. The lowest BCUT2D eigenvalue weighted by molar-refractivity contribution is -0.148. The number of anilines is 1. The van der Waals surface area contributed by atoms with Crippen LogP contribution in [0.1, 0.15) is 33.3 Å². The van der Waals surface area contributed by atoms with Crippen molar-refractivity contribution >= 4 is 23.4 Å². The molecule has 26 heavy (non-hydrogen) atoms. The van der Waals surface area contributed by atoms with Crippen molar-refractivity contribution in [1.82, 2.24) is 10.2 Å². The Bertz CT molecular complexity index is 828. The normalized spacial score (nSPS) is 34.3. The first-order valence-corrected chi connectivity index (χ1v) is 8.85. The van der Waals surface area contributed by atoms with Gasteiger partial charge < -0.3 is 10.4 Å². The lowest BCUT2D eigenvalue weighted by Gasteiger charge is -2.35. The van der Waals surface area contributed by atoms with Gasteiger partial charge in [-0.1, -0.05) is 18.2 Å². The molecule has 1 aromatic rings. The highest BCUT2D eigenvalue weighted by atomic mass is 16.3. The number of imide groups is 1. The molecular weight excluding hydrogens is 334 g/mol. The Morgan fingerprint density at radius 1 is 1.15 bits per heavy atom. The summed E-state index contributed by atoms with van der Waals surface area (Å²) < 4.78 is 0. The Labute approximate surface area is 151 Å². The molecule has 0 radical (unpaired) electrons. The Balaban J connectivity index is 1.93. The van der Waals surface area contributed by atoms with Gasteiger partial charge in [0.15, 0.2) is 0 Å². The smallest absolute Gasteiger partial charge is 0.250 e. The standard InChI is InChI=1S/C19H23N3O4/c1-9(23)14-12-13(16(25)22(15(12)24)18(2,3)4)19(21-14)10-7-5-6-8-11(10)20-17(19)26/h5-9,12-14,21,23H,1-4H3,(H,20,26). The number of hydrogen-bond donors (Lipinski definition) is 3. The number of likely N-dealkylation sites (tertiary alicyclic amines) is 1. The van der Waals surface area contributed by atoms with Crippen molar-refractivity contribution in [2.75, 3.05) is 5.32 Å². The molecule has 3 aliphatic heterocycles. The summed E-state index contributed by atoms with van der Waals surface area (Å²) in [6.07, 6.45) is -0.890. The number of aliphatic hydroxyl groups excluding tert-OH is 1. The third-order valence-corrected chi connectivity index (χ3v) is 5.75. The summed E-state index contributed by atoms with van der Waals surface area (Å²) in [6, 6.07) is 6.49. The van der Waals surface area contributed by atoms with Gasteiger partial charge in [-0.2, -0.15) is 0 Å². The molecule has 0 saturated carbocycles. The van der Waals surface area contributed by atoms with Gasteiger partial charge in [0.1, 0.15) is 5.54 Å². The van der Waals surface area contributed by atoms with Gasteiger partial charge in [-0.15, -0.1) is 0 Å². The highest BCUT2D eigenvalue weighted by molar-refractivity contribution is 6.15. The minimum Gasteiger partial charge on any atom is -0.392 e. The first kappa shape index (κ1) is 17.2. The number of carbonyl (C=O) groups excluding carboxylic acids is 3. The van der Waals surface area contributed by atoms with Crippen LogP contribution in [0.25, 0.3) is 0 Å². The SMILES string of the molecule is CC(O)C1NC2(C(=O)Nc3ccccc32)C2C(=O)N(C(C)(C)C)C(=O)C12. The van der Waals surface area contributed by atoms with Crippen LogP contribution in [0.4, 0.5) is 5.69 Å². The topological polar surface area (TPSA) is 98.7 Å². The van der Waals surface area contributed by atoms with Gasteiger partial charge in [0.2, 0.25) is 17.7 Å². The molecular formula is C19H23N3O4. The number of nitrogens with zero attached hydrogens (tertiary/aromatic N) is 1. The van der Waals surface area contributed by atoms with Crippen molar-refractivity contribution in [1.29, 1.82) is 0 Å². The average Bonchev–Trinajstić information content (AvgIpc) is 3.12. The van der Waals surface area contributed by atoms with Crippen LogP contribution in [0.2, 0.25) is 0 Å². The summed E-state index contributed by atoms with van der Waals surface area (Å²) in [5, 5.41) is 16.3. The molecule has 2 saturated heterocycles. The molecule has 0 aromatic heterocycles. The molecule has 1 aromatic carbocycles. The van der Waals surface area contributed by atoms with E-state index in [2.05, 4.69) is 10.6 Å². The van der Waals surface area contributed by atoms with Crippen molar-refractivity contribution in [3.8, 4) is 0 Å². The number of rotatable bonds is 1. The zero-order chi connectivity index (χ0) is 19.0. The van der Waals surface area contributed by atoms with E-state index in [1.54, 1.807) is 52.0 Å². The van der Waals surface area contributed by atoms with E-state index in [4.69, 9.17) is 0 Å². The van der Waals surface area contributed by atoms with Crippen LogP contribution in [0, 0.1) is 11.8 Å². The zero-order valence-electron chi connectivity index (χ0n) is 15.2. The van der Waals surface area contributed by atoms with E-state index < -0.39 is 35.1 Å². The Morgan fingerprint density at radius 3 is 2.42 bits per heavy atom. The molecule has 3 N–H and O–H groups in total. The fourth-order valence-corrected chi connectivity index (χ4v) is 4.76. The minimum absolute atomic E-state index is 0.333. The van der Waals surface area contributed by atoms with Crippen molar-refractivity contribution in [2.24, 2.45) is 11.8 Å². The molecule has 3 heterocycles. The quantitative estimate of drug-likeness (QED) is 0.639. The molecule has 0 bridgehead atoms. The first-order valence-electron chi connectivity index (χ1n) is 8.85. The number of nitrogens with one attached hydrogen (secondary N) is 2. The van der Waals surface area contributed by atoms with E-state index in [9.17, 15) is 19.5 Å². The number of fused-ring (bicyclic) bond motifs is 4. The van der Waals surface area contributed by atoms with E-state index >= 15 is 0 Å². The maximum Gasteiger partial charge on any atom is 0.250 e. The lowest BCUT2D eigenvalue weighted by Crippen LogP contribution is -2.57. The molecule has 7 heteroatoms. The van der Waals surface area contributed by atoms with Crippen molar-refractivity contribution in [3.63, 3.8) is 0 Å². The second-order valence-corrected chi connectivity index (χ2v) is 8.40. The number of aliphatic hydroxyl groups is 1. The fourth-order valence-electron chi connectivity index (χ4n) is 4.76. The van der Waals surface area contributed by atoms with E-state index in [0.29, 0.717) is 11.3 Å². The number of carbonyl (C=O) groups is 3. The third kappa shape index (κ3) is 1.92. The van der Waals surface area contributed by atoms with Crippen molar-refractivity contribution in [2.45, 2.75) is 50.9 Å². The predicted octanol–water partition coefficient (Wildman–Crippen LogP) is 0.586. The van der Waals surface area contributed by atoms with E-state index in [0.717, 1.165) is 0 Å². The van der Waals surface area contributed by atoms with E-state index in [1.165, 1.54) is 4.90 Å². The predicted molar refractivity (Wildman–Crippen MR) is 93.9 cm³/mol. The molecule has 5 unspecified atom stereocenters. The molecule has 4 rings (SSSR count). The third-order valence-electron chi connectivity index (χ3n) is 5.75. The van der Waals surface area contributed by atoms with Crippen LogP contribution in [0.15, 0.2) is 24.3 Å². The monoisotopic (exact) mass is 357 g/mol. The number of amides is 3. The second kappa shape index (κ2) is 5.14. The molecule has 3 aliphatic rings. The molecule has 138 valence electrons. The van der Waals surface area contributed by atoms with Gasteiger partial charge in [-0.3, -0.25) is 24.6 Å². The molecule has 2 fully saturated rings. The largest absolute Gasteiger partial charge is 0.392 e. The summed E-state index contributed by atoms with van der Waals surface area (Å²) in [7, 11) is 0. The summed E-state index contributed by atoms with van der Waals surface area (Å²) in [5.74, 6) is -2.71. The van der Waals surface area contributed by atoms with Crippen LogP contribution < -0.4 is 10.6 Å².